The highest BCUT2D eigenvalue weighted by molar-refractivity contribution is 5.97. The van der Waals surface area contributed by atoms with Crippen molar-refractivity contribution < 1.29 is 19.4 Å². The zero-order valence-electron chi connectivity index (χ0n) is 20.5. The molecule has 1 unspecified atom stereocenters. The number of aromatic amines is 1. The van der Waals surface area contributed by atoms with E-state index in [0.717, 1.165) is 5.56 Å². The van der Waals surface area contributed by atoms with Gasteiger partial charge in [-0.15, -0.1) is 0 Å². The van der Waals surface area contributed by atoms with Crippen molar-refractivity contribution in [3.63, 3.8) is 0 Å². The molecule has 1 heterocycles. The minimum Gasteiger partial charge on any atom is -0.507 e. The van der Waals surface area contributed by atoms with E-state index in [1.807, 2.05) is 30.3 Å². The van der Waals surface area contributed by atoms with Gasteiger partial charge in [-0.2, -0.15) is 5.26 Å². The summed E-state index contributed by atoms with van der Waals surface area (Å²) in [6, 6.07) is 15.4. The van der Waals surface area contributed by atoms with Crippen molar-refractivity contribution in [1.82, 2.24) is 15.3 Å². The number of aliphatic hydroxyl groups is 1. The number of nitrogens with one attached hydrogen (secondary N) is 2. The van der Waals surface area contributed by atoms with Crippen LogP contribution < -0.4 is 5.32 Å². The van der Waals surface area contributed by atoms with E-state index in [0.29, 0.717) is 16.6 Å². The highest BCUT2D eigenvalue weighted by atomic mass is 16.5. The number of allylic oxidation sites excluding steroid dienone is 1. The highest BCUT2D eigenvalue weighted by Crippen LogP contribution is 2.22. The molecule has 182 valence electrons. The average molecular weight is 475 g/mol. The molecule has 8 nitrogen and oxygen atoms in total. The SMILES string of the molecule is CC(C)C(NC(=O)c1ccc(C(C)(C)C)cc1)C(=O)OCC(O)=C(C#N)c1nc2ccccc2[nH]1. The number of esters is 1. The fraction of sp³-hybridized carbons (Fsp3) is 0.333. The van der Waals surface area contributed by atoms with Crippen LogP contribution in [0.2, 0.25) is 0 Å². The van der Waals surface area contributed by atoms with Crippen LogP contribution in [-0.2, 0) is 14.9 Å². The van der Waals surface area contributed by atoms with Crippen molar-refractivity contribution in [3.05, 3.63) is 71.2 Å². The third-order valence-electron chi connectivity index (χ3n) is 5.60. The average Bonchev–Trinajstić information content (AvgIpc) is 3.24. The first-order valence-electron chi connectivity index (χ1n) is 11.4. The number of carbonyl (C=O) groups is 2. The number of benzene rings is 2. The minimum absolute atomic E-state index is 0.0422. The van der Waals surface area contributed by atoms with Gasteiger partial charge in [0, 0.05) is 5.56 Å². The van der Waals surface area contributed by atoms with E-state index >= 15 is 0 Å². The summed E-state index contributed by atoms with van der Waals surface area (Å²) in [7, 11) is 0. The Balaban J connectivity index is 1.70. The van der Waals surface area contributed by atoms with Gasteiger partial charge in [-0.25, -0.2) is 9.78 Å². The fourth-order valence-corrected chi connectivity index (χ4v) is 3.47. The lowest BCUT2D eigenvalue weighted by Crippen LogP contribution is -2.45. The van der Waals surface area contributed by atoms with E-state index in [9.17, 15) is 20.0 Å². The zero-order chi connectivity index (χ0) is 25.8. The lowest BCUT2D eigenvalue weighted by atomic mass is 9.86. The van der Waals surface area contributed by atoms with Crippen LogP contribution in [0.25, 0.3) is 16.6 Å². The molecular formula is C27H30N4O4. The smallest absolute Gasteiger partial charge is 0.329 e. The molecule has 1 amide bonds. The number of hydrogen-bond donors (Lipinski definition) is 3. The number of rotatable bonds is 7. The lowest BCUT2D eigenvalue weighted by Gasteiger charge is -2.22. The van der Waals surface area contributed by atoms with Gasteiger partial charge in [0.15, 0.2) is 11.6 Å². The van der Waals surface area contributed by atoms with Gasteiger partial charge in [0.1, 0.15) is 24.3 Å². The number of amides is 1. The maximum Gasteiger partial charge on any atom is 0.329 e. The molecule has 0 aliphatic rings. The van der Waals surface area contributed by atoms with Gasteiger partial charge in [0.2, 0.25) is 0 Å². The number of nitriles is 1. The topological polar surface area (TPSA) is 128 Å². The quantitative estimate of drug-likeness (QED) is 0.260. The van der Waals surface area contributed by atoms with Gasteiger partial charge >= 0.3 is 5.97 Å². The Bertz CT molecular complexity index is 1260. The number of nitrogens with zero attached hydrogens (tertiary/aromatic N) is 2. The first-order chi connectivity index (χ1) is 16.5. The van der Waals surface area contributed by atoms with Crippen LogP contribution in [0.3, 0.4) is 0 Å². The van der Waals surface area contributed by atoms with Crippen molar-refractivity contribution in [2.75, 3.05) is 6.61 Å². The molecule has 0 saturated carbocycles. The molecule has 0 spiro atoms. The van der Waals surface area contributed by atoms with E-state index in [2.05, 4.69) is 36.1 Å². The lowest BCUT2D eigenvalue weighted by molar-refractivity contribution is -0.146. The summed E-state index contributed by atoms with van der Waals surface area (Å²) in [5.41, 5.74) is 2.69. The second-order valence-corrected chi connectivity index (χ2v) is 9.67. The van der Waals surface area contributed by atoms with Gasteiger partial charge < -0.3 is 20.1 Å². The molecule has 3 N–H and O–H groups in total. The number of fused-ring (bicyclic) bond motifs is 1. The first kappa shape index (κ1) is 25.5. The second kappa shape index (κ2) is 10.4. The van der Waals surface area contributed by atoms with E-state index in [1.54, 1.807) is 38.1 Å². The number of hydrogen-bond acceptors (Lipinski definition) is 6. The van der Waals surface area contributed by atoms with Crippen LogP contribution in [0.5, 0.6) is 0 Å². The number of imidazole rings is 1. The van der Waals surface area contributed by atoms with Gasteiger partial charge in [-0.05, 0) is 41.2 Å². The third-order valence-corrected chi connectivity index (χ3v) is 5.60. The van der Waals surface area contributed by atoms with E-state index in [4.69, 9.17) is 4.74 Å². The van der Waals surface area contributed by atoms with Crippen LogP contribution in [0.1, 0.15) is 56.4 Å². The van der Waals surface area contributed by atoms with Crippen molar-refractivity contribution in [2.45, 2.75) is 46.1 Å². The van der Waals surface area contributed by atoms with Gasteiger partial charge in [0.25, 0.3) is 5.91 Å². The molecule has 3 aromatic rings. The maximum atomic E-state index is 12.8. The van der Waals surface area contributed by atoms with Gasteiger partial charge in [-0.3, -0.25) is 4.79 Å². The number of aliphatic hydroxyl groups excluding tert-OH is 1. The predicted molar refractivity (Wildman–Crippen MR) is 133 cm³/mol. The minimum atomic E-state index is -0.936. The Labute approximate surface area is 204 Å². The van der Waals surface area contributed by atoms with E-state index in [1.165, 1.54) is 0 Å². The first-order valence-corrected chi connectivity index (χ1v) is 11.4. The summed E-state index contributed by atoms with van der Waals surface area (Å²) in [4.78, 5) is 32.8. The van der Waals surface area contributed by atoms with E-state index in [-0.39, 0.29) is 22.7 Å². The number of ether oxygens (including phenoxy) is 1. The summed E-state index contributed by atoms with van der Waals surface area (Å²) in [6.45, 7) is 9.28. The Hall–Kier alpha value is -4.12. The number of para-hydroxylation sites is 2. The summed E-state index contributed by atoms with van der Waals surface area (Å²) >= 11 is 0. The summed E-state index contributed by atoms with van der Waals surface area (Å²) in [5.74, 6) is -1.65. The molecule has 1 atom stereocenters. The summed E-state index contributed by atoms with van der Waals surface area (Å²) in [6.07, 6.45) is 0. The van der Waals surface area contributed by atoms with Gasteiger partial charge in [-0.1, -0.05) is 58.9 Å². The normalized spacial score (nSPS) is 13.2. The number of H-pyrrole nitrogens is 1. The van der Waals surface area contributed by atoms with Crippen molar-refractivity contribution in [2.24, 2.45) is 5.92 Å². The molecule has 0 radical (unpaired) electrons. The van der Waals surface area contributed by atoms with Crippen molar-refractivity contribution in [1.29, 1.82) is 5.26 Å². The van der Waals surface area contributed by atoms with Crippen LogP contribution in [0.4, 0.5) is 0 Å². The van der Waals surface area contributed by atoms with Gasteiger partial charge in [0.05, 0.1) is 11.0 Å². The van der Waals surface area contributed by atoms with Crippen LogP contribution in [0, 0.1) is 17.2 Å². The third kappa shape index (κ3) is 6.07. The molecule has 2 aromatic carbocycles. The van der Waals surface area contributed by atoms with Crippen LogP contribution in [-0.4, -0.2) is 39.6 Å². The largest absolute Gasteiger partial charge is 0.507 e. The summed E-state index contributed by atoms with van der Waals surface area (Å²) < 4.78 is 5.25. The second-order valence-electron chi connectivity index (χ2n) is 9.67. The van der Waals surface area contributed by atoms with E-state index < -0.39 is 30.3 Å². The molecule has 0 saturated heterocycles. The Kier molecular flexibility index (Phi) is 7.60. The number of carbonyl (C=O) groups excluding carboxylic acids is 2. The van der Waals surface area contributed by atoms with Crippen LogP contribution >= 0.6 is 0 Å². The maximum absolute atomic E-state index is 12.8. The molecule has 0 fully saturated rings. The molecule has 0 aliphatic heterocycles. The molecule has 3 rings (SSSR count). The van der Waals surface area contributed by atoms with Crippen molar-refractivity contribution >= 4 is 28.5 Å². The molecule has 8 heteroatoms. The number of aromatic nitrogens is 2. The molecule has 0 bridgehead atoms. The molecule has 35 heavy (non-hydrogen) atoms. The Morgan fingerprint density at radius 2 is 1.80 bits per heavy atom. The molecule has 0 aliphatic carbocycles. The molecule has 1 aromatic heterocycles. The Morgan fingerprint density at radius 1 is 1.14 bits per heavy atom. The monoisotopic (exact) mass is 474 g/mol. The Morgan fingerprint density at radius 3 is 2.37 bits per heavy atom. The van der Waals surface area contributed by atoms with Crippen LogP contribution in [0.15, 0.2) is 54.3 Å². The standard InChI is InChI=1S/C27H30N4O4/c1-16(2)23(31-25(33)17-10-12-18(13-11-17)27(3,4)5)26(34)35-15-22(32)19(14-28)24-29-20-8-6-7-9-21(20)30-24/h6-13,16,23,32H,15H2,1-5H3,(H,29,30)(H,31,33). The summed E-state index contributed by atoms with van der Waals surface area (Å²) in [5, 5.41) is 22.7. The fourth-order valence-electron chi connectivity index (χ4n) is 3.47. The molecular weight excluding hydrogens is 444 g/mol. The zero-order valence-corrected chi connectivity index (χ0v) is 20.5. The highest BCUT2D eigenvalue weighted by Gasteiger charge is 2.27. The predicted octanol–water partition coefficient (Wildman–Crippen LogP) is 4.65. The van der Waals surface area contributed by atoms with Crippen molar-refractivity contribution in [3.8, 4) is 6.07 Å².